The van der Waals surface area contributed by atoms with Gasteiger partial charge in [0.1, 0.15) is 17.4 Å². The minimum atomic E-state index is 0.295. The van der Waals surface area contributed by atoms with Crippen molar-refractivity contribution in [2.24, 2.45) is 0 Å². The summed E-state index contributed by atoms with van der Waals surface area (Å²) < 4.78 is 5.63. The van der Waals surface area contributed by atoms with Crippen LogP contribution in [-0.4, -0.2) is 4.98 Å². The molecule has 90 valence electrons. The molecule has 0 aliphatic carbocycles. The zero-order chi connectivity index (χ0) is 13.1. The van der Waals surface area contributed by atoms with E-state index in [1.54, 1.807) is 12.1 Å². The molecule has 0 amide bonds. The Hall–Kier alpha value is -2.05. The second-order valence-corrected chi connectivity index (χ2v) is 4.31. The van der Waals surface area contributed by atoms with E-state index in [1.807, 2.05) is 32.0 Å². The molecule has 0 atom stereocenters. The molecule has 0 saturated heterocycles. The minimum absolute atomic E-state index is 0.295. The molecule has 0 radical (unpaired) electrons. The maximum Gasteiger partial charge on any atom is 0.237 e. The predicted molar refractivity (Wildman–Crippen MR) is 70.0 cm³/mol. The van der Waals surface area contributed by atoms with Crippen LogP contribution in [0.4, 0.5) is 0 Å². The summed E-state index contributed by atoms with van der Waals surface area (Å²) in [7, 11) is 0. The van der Waals surface area contributed by atoms with E-state index in [0.717, 1.165) is 11.3 Å². The molecule has 0 saturated carbocycles. The smallest absolute Gasteiger partial charge is 0.237 e. The molecular formula is C14H11ClN2O. The first-order valence-electron chi connectivity index (χ1n) is 5.42. The third-order valence-corrected chi connectivity index (χ3v) is 2.78. The molecule has 1 aromatic carbocycles. The van der Waals surface area contributed by atoms with Gasteiger partial charge in [-0.05, 0) is 37.6 Å². The highest BCUT2D eigenvalue weighted by molar-refractivity contribution is 6.32. The van der Waals surface area contributed by atoms with Crippen LogP contribution < -0.4 is 4.74 Å². The van der Waals surface area contributed by atoms with E-state index < -0.39 is 0 Å². The highest BCUT2D eigenvalue weighted by Crippen LogP contribution is 2.30. The van der Waals surface area contributed by atoms with Crippen LogP contribution in [0.25, 0.3) is 0 Å². The Kier molecular flexibility index (Phi) is 3.50. The first-order valence-corrected chi connectivity index (χ1v) is 5.80. The van der Waals surface area contributed by atoms with Gasteiger partial charge in [-0.25, -0.2) is 4.98 Å². The minimum Gasteiger partial charge on any atom is -0.436 e. The fraction of sp³-hybridized carbons (Fsp3) is 0.143. The molecule has 4 heteroatoms. The second kappa shape index (κ2) is 5.07. The van der Waals surface area contributed by atoms with Crippen molar-refractivity contribution in [1.82, 2.24) is 4.98 Å². The van der Waals surface area contributed by atoms with Crippen LogP contribution in [-0.2, 0) is 0 Å². The summed E-state index contributed by atoms with van der Waals surface area (Å²) in [6, 6.07) is 11.0. The molecule has 0 unspecified atom stereocenters. The average Bonchev–Trinajstić information content (AvgIpc) is 2.31. The Morgan fingerprint density at radius 1 is 1.28 bits per heavy atom. The molecule has 18 heavy (non-hydrogen) atoms. The molecule has 0 bridgehead atoms. The number of nitrogens with zero attached hydrogens (tertiary/aromatic N) is 2. The molecule has 0 fully saturated rings. The number of aromatic nitrogens is 1. The number of para-hydroxylation sites is 1. The molecule has 3 nitrogen and oxygen atoms in total. The van der Waals surface area contributed by atoms with Gasteiger partial charge in [0.05, 0.1) is 5.02 Å². The number of ether oxygens (including phenoxy) is 1. The lowest BCUT2D eigenvalue weighted by atomic mass is 10.1. The van der Waals surface area contributed by atoms with Gasteiger partial charge in [-0.3, -0.25) is 0 Å². The third-order valence-electron chi connectivity index (χ3n) is 2.47. The van der Waals surface area contributed by atoms with Gasteiger partial charge >= 0.3 is 0 Å². The second-order valence-electron chi connectivity index (χ2n) is 3.90. The van der Waals surface area contributed by atoms with Gasteiger partial charge in [0.15, 0.2) is 0 Å². The van der Waals surface area contributed by atoms with Crippen LogP contribution in [0.5, 0.6) is 11.6 Å². The van der Waals surface area contributed by atoms with Crippen LogP contribution in [0.15, 0.2) is 30.3 Å². The normalized spacial score (nSPS) is 9.89. The summed E-state index contributed by atoms with van der Waals surface area (Å²) >= 11 is 6.01. The summed E-state index contributed by atoms with van der Waals surface area (Å²) in [6.07, 6.45) is 0. The maximum atomic E-state index is 9.13. The first-order chi connectivity index (χ1) is 8.61. The summed E-state index contributed by atoms with van der Waals surface area (Å²) in [5.41, 5.74) is 2.07. The zero-order valence-electron chi connectivity index (χ0n) is 10.1. The zero-order valence-corrected chi connectivity index (χ0v) is 10.8. The summed E-state index contributed by atoms with van der Waals surface area (Å²) in [5, 5.41) is 9.62. The van der Waals surface area contributed by atoms with Crippen LogP contribution in [0.3, 0.4) is 0 Å². The number of aryl methyl sites for hydroxylation is 2. The van der Waals surface area contributed by atoms with Crippen LogP contribution in [0.2, 0.25) is 5.02 Å². The Balaban J connectivity index is 2.47. The van der Waals surface area contributed by atoms with Gasteiger partial charge < -0.3 is 4.74 Å². The van der Waals surface area contributed by atoms with Crippen molar-refractivity contribution in [2.75, 3.05) is 0 Å². The molecule has 0 aliphatic heterocycles. The van der Waals surface area contributed by atoms with Crippen molar-refractivity contribution < 1.29 is 4.74 Å². The monoisotopic (exact) mass is 258 g/mol. The van der Waals surface area contributed by atoms with E-state index in [4.69, 9.17) is 21.6 Å². The van der Waals surface area contributed by atoms with E-state index in [0.29, 0.717) is 22.2 Å². The molecule has 2 rings (SSSR count). The van der Waals surface area contributed by atoms with Crippen molar-refractivity contribution in [3.05, 3.63) is 52.2 Å². The van der Waals surface area contributed by atoms with Gasteiger partial charge in [0.25, 0.3) is 0 Å². The summed E-state index contributed by atoms with van der Waals surface area (Å²) in [4.78, 5) is 4.24. The quantitative estimate of drug-likeness (QED) is 0.817. The topological polar surface area (TPSA) is 45.9 Å². The molecule has 0 spiro atoms. The number of rotatable bonds is 2. The van der Waals surface area contributed by atoms with E-state index in [9.17, 15) is 0 Å². The van der Waals surface area contributed by atoms with Gasteiger partial charge in [-0.2, -0.15) is 5.26 Å². The van der Waals surface area contributed by atoms with E-state index in [1.165, 1.54) is 0 Å². The summed E-state index contributed by atoms with van der Waals surface area (Å²) in [6.45, 7) is 3.71. The highest BCUT2D eigenvalue weighted by Gasteiger charge is 2.12. The van der Waals surface area contributed by atoms with Crippen molar-refractivity contribution in [3.8, 4) is 17.7 Å². The molecule has 0 N–H and O–H groups in total. The number of hydrogen-bond acceptors (Lipinski definition) is 3. The molecule has 2 aromatic rings. The van der Waals surface area contributed by atoms with Crippen molar-refractivity contribution in [3.63, 3.8) is 0 Å². The van der Waals surface area contributed by atoms with E-state index in [2.05, 4.69) is 11.1 Å². The Morgan fingerprint density at radius 2 is 2.00 bits per heavy atom. The maximum absolute atomic E-state index is 9.13. The van der Waals surface area contributed by atoms with E-state index >= 15 is 0 Å². The molecule has 1 aromatic heterocycles. The SMILES string of the molecule is Cc1cc(C)c(C#N)c(Oc2ccccc2Cl)n1. The number of nitriles is 1. The fourth-order valence-corrected chi connectivity index (χ4v) is 1.82. The van der Waals surface area contributed by atoms with Crippen LogP contribution >= 0.6 is 11.6 Å². The standard InChI is InChI=1S/C14H11ClN2O/c1-9-7-10(2)17-14(11(9)8-16)18-13-6-4-3-5-12(13)15/h3-7H,1-2H3. The first kappa shape index (κ1) is 12.4. The van der Waals surface area contributed by atoms with Crippen LogP contribution in [0, 0.1) is 25.2 Å². The predicted octanol–water partition coefficient (Wildman–Crippen LogP) is 4.02. The van der Waals surface area contributed by atoms with Gasteiger partial charge in [0, 0.05) is 5.69 Å². The highest BCUT2D eigenvalue weighted by atomic mass is 35.5. The summed E-state index contributed by atoms with van der Waals surface area (Å²) in [5.74, 6) is 0.788. The lowest BCUT2D eigenvalue weighted by Crippen LogP contribution is -1.97. The van der Waals surface area contributed by atoms with E-state index in [-0.39, 0.29) is 0 Å². The van der Waals surface area contributed by atoms with Gasteiger partial charge in [-0.1, -0.05) is 23.7 Å². The fourth-order valence-electron chi connectivity index (χ4n) is 1.64. The van der Waals surface area contributed by atoms with Crippen molar-refractivity contribution in [1.29, 1.82) is 5.26 Å². The van der Waals surface area contributed by atoms with Crippen molar-refractivity contribution >= 4 is 11.6 Å². The number of pyridine rings is 1. The van der Waals surface area contributed by atoms with Gasteiger partial charge in [-0.15, -0.1) is 0 Å². The average molecular weight is 259 g/mol. The molecule has 0 aliphatic rings. The Bertz CT molecular complexity index is 632. The third kappa shape index (κ3) is 2.44. The number of hydrogen-bond donors (Lipinski definition) is 0. The largest absolute Gasteiger partial charge is 0.436 e. The Labute approximate surface area is 111 Å². The van der Waals surface area contributed by atoms with Crippen LogP contribution in [0.1, 0.15) is 16.8 Å². The molecular weight excluding hydrogens is 248 g/mol. The van der Waals surface area contributed by atoms with Gasteiger partial charge in [0.2, 0.25) is 5.88 Å². The number of benzene rings is 1. The lowest BCUT2D eigenvalue weighted by molar-refractivity contribution is 0.459. The number of halogens is 1. The Morgan fingerprint density at radius 3 is 2.67 bits per heavy atom. The van der Waals surface area contributed by atoms with Crippen molar-refractivity contribution in [2.45, 2.75) is 13.8 Å². The molecule has 1 heterocycles. The lowest BCUT2D eigenvalue weighted by Gasteiger charge is -2.10.